The van der Waals surface area contributed by atoms with E-state index in [0.29, 0.717) is 12.1 Å². The molecule has 0 aliphatic carbocycles. The molecule has 1 atom stereocenters. The SMILES string of the molecule is CN1CCc2nnc([C@H]3CCCN(C(=O)C(C)(C)c4cccc(F)c4)C3)n2CC1. The third-order valence-corrected chi connectivity index (χ3v) is 6.43. The minimum absolute atomic E-state index is 0.0446. The number of fused-ring (bicyclic) bond motifs is 1. The van der Waals surface area contributed by atoms with Crippen LogP contribution in [0.2, 0.25) is 0 Å². The summed E-state index contributed by atoms with van der Waals surface area (Å²) in [6, 6.07) is 6.38. The Morgan fingerprint density at radius 1 is 1.17 bits per heavy atom. The van der Waals surface area contributed by atoms with Crippen LogP contribution < -0.4 is 0 Å². The van der Waals surface area contributed by atoms with Crippen molar-refractivity contribution in [3.05, 3.63) is 47.3 Å². The normalized spacial score (nSPS) is 21.0. The zero-order valence-corrected chi connectivity index (χ0v) is 17.6. The zero-order valence-electron chi connectivity index (χ0n) is 17.6. The second-order valence-electron chi connectivity index (χ2n) is 8.91. The minimum atomic E-state index is -0.769. The summed E-state index contributed by atoms with van der Waals surface area (Å²) in [5.74, 6) is 1.99. The number of amides is 1. The van der Waals surface area contributed by atoms with E-state index in [0.717, 1.165) is 57.1 Å². The number of likely N-dealkylation sites (N-methyl/N-ethyl adjacent to an activating group) is 1. The molecule has 2 aromatic rings. The fourth-order valence-electron chi connectivity index (χ4n) is 4.52. The van der Waals surface area contributed by atoms with E-state index in [2.05, 4.69) is 26.7 Å². The lowest BCUT2D eigenvalue weighted by molar-refractivity contribution is -0.137. The topological polar surface area (TPSA) is 54.3 Å². The lowest BCUT2D eigenvalue weighted by Crippen LogP contribution is -2.47. The summed E-state index contributed by atoms with van der Waals surface area (Å²) in [6.07, 6.45) is 2.86. The van der Waals surface area contributed by atoms with E-state index in [9.17, 15) is 9.18 Å². The molecular formula is C22H30FN5O. The van der Waals surface area contributed by atoms with E-state index >= 15 is 0 Å². The molecule has 29 heavy (non-hydrogen) atoms. The van der Waals surface area contributed by atoms with Crippen LogP contribution in [0.15, 0.2) is 24.3 Å². The maximum atomic E-state index is 13.7. The molecule has 2 aliphatic heterocycles. The van der Waals surface area contributed by atoms with Crippen LogP contribution in [0.1, 0.15) is 49.8 Å². The molecule has 0 radical (unpaired) electrons. The number of rotatable bonds is 3. The number of piperidine rings is 1. The van der Waals surface area contributed by atoms with Crippen molar-refractivity contribution in [3.8, 4) is 0 Å². The number of halogens is 1. The number of nitrogens with zero attached hydrogens (tertiary/aromatic N) is 5. The van der Waals surface area contributed by atoms with Crippen molar-refractivity contribution in [2.24, 2.45) is 0 Å². The predicted molar refractivity (Wildman–Crippen MR) is 109 cm³/mol. The summed E-state index contributed by atoms with van der Waals surface area (Å²) in [7, 11) is 2.13. The maximum absolute atomic E-state index is 13.7. The summed E-state index contributed by atoms with van der Waals surface area (Å²) in [6.45, 7) is 8.02. The molecule has 1 saturated heterocycles. The van der Waals surface area contributed by atoms with E-state index in [1.165, 1.54) is 12.1 Å². The second kappa shape index (κ2) is 7.86. The third kappa shape index (κ3) is 3.92. The highest BCUT2D eigenvalue weighted by Crippen LogP contribution is 2.32. The highest BCUT2D eigenvalue weighted by Gasteiger charge is 2.37. The van der Waals surface area contributed by atoms with Gasteiger partial charge in [-0.05, 0) is 51.4 Å². The summed E-state index contributed by atoms with van der Waals surface area (Å²) < 4.78 is 16.0. The maximum Gasteiger partial charge on any atom is 0.232 e. The lowest BCUT2D eigenvalue weighted by Gasteiger charge is -2.37. The highest BCUT2D eigenvalue weighted by molar-refractivity contribution is 5.87. The van der Waals surface area contributed by atoms with E-state index in [1.807, 2.05) is 24.8 Å². The Labute approximate surface area is 171 Å². The van der Waals surface area contributed by atoms with Crippen LogP contribution in [0.4, 0.5) is 4.39 Å². The summed E-state index contributed by atoms with van der Waals surface area (Å²) in [4.78, 5) is 17.6. The van der Waals surface area contributed by atoms with Gasteiger partial charge in [-0.3, -0.25) is 4.79 Å². The molecule has 0 bridgehead atoms. The molecule has 0 N–H and O–H groups in total. The second-order valence-corrected chi connectivity index (χ2v) is 8.91. The first kappa shape index (κ1) is 20.0. The van der Waals surface area contributed by atoms with Gasteiger partial charge in [0.15, 0.2) is 0 Å². The first-order valence-electron chi connectivity index (χ1n) is 10.5. The Balaban J connectivity index is 1.53. The number of carbonyl (C=O) groups is 1. The van der Waals surface area contributed by atoms with Crippen molar-refractivity contribution in [2.75, 3.05) is 33.2 Å². The highest BCUT2D eigenvalue weighted by atomic mass is 19.1. The number of hydrogen-bond donors (Lipinski definition) is 0. The standard InChI is InChI=1S/C22H30FN5O/c1-22(2,17-7-4-8-18(23)14-17)21(29)27-10-5-6-16(15-27)20-25-24-19-9-11-26(3)12-13-28(19)20/h4,7-8,14,16H,5-6,9-13,15H2,1-3H3/t16-/m0/s1. The van der Waals surface area contributed by atoms with Gasteiger partial charge in [0.1, 0.15) is 17.5 Å². The van der Waals surface area contributed by atoms with Crippen molar-refractivity contribution in [1.82, 2.24) is 24.6 Å². The number of hydrogen-bond acceptors (Lipinski definition) is 4. The molecule has 0 saturated carbocycles. The quantitative estimate of drug-likeness (QED) is 0.796. The molecule has 6 nitrogen and oxygen atoms in total. The molecule has 1 amide bonds. The van der Waals surface area contributed by atoms with E-state index in [1.54, 1.807) is 6.07 Å². The van der Waals surface area contributed by atoms with Gasteiger partial charge in [-0.1, -0.05) is 12.1 Å². The average Bonchev–Trinajstić information content (AvgIpc) is 3.04. The molecule has 1 aromatic carbocycles. The van der Waals surface area contributed by atoms with Gasteiger partial charge in [-0.25, -0.2) is 4.39 Å². The zero-order chi connectivity index (χ0) is 20.6. The third-order valence-electron chi connectivity index (χ3n) is 6.43. The number of benzene rings is 1. The summed E-state index contributed by atoms with van der Waals surface area (Å²) >= 11 is 0. The molecule has 1 fully saturated rings. The molecule has 0 spiro atoms. The van der Waals surface area contributed by atoms with Gasteiger partial charge in [0.25, 0.3) is 0 Å². The van der Waals surface area contributed by atoms with Gasteiger partial charge >= 0.3 is 0 Å². The van der Waals surface area contributed by atoms with E-state index < -0.39 is 5.41 Å². The summed E-state index contributed by atoms with van der Waals surface area (Å²) in [5.41, 5.74) is -0.0574. The molecule has 4 rings (SSSR count). The Hall–Kier alpha value is -2.28. The van der Waals surface area contributed by atoms with Crippen LogP contribution in [0.3, 0.4) is 0 Å². The van der Waals surface area contributed by atoms with Gasteiger partial charge in [0.05, 0.1) is 5.41 Å². The monoisotopic (exact) mass is 399 g/mol. The van der Waals surface area contributed by atoms with Gasteiger partial charge in [-0.2, -0.15) is 0 Å². The van der Waals surface area contributed by atoms with Gasteiger partial charge < -0.3 is 14.4 Å². The van der Waals surface area contributed by atoms with Crippen LogP contribution in [-0.2, 0) is 23.2 Å². The van der Waals surface area contributed by atoms with Crippen molar-refractivity contribution < 1.29 is 9.18 Å². The molecule has 3 heterocycles. The van der Waals surface area contributed by atoms with Crippen LogP contribution in [0.5, 0.6) is 0 Å². The van der Waals surface area contributed by atoms with Gasteiger partial charge in [0.2, 0.25) is 5.91 Å². The van der Waals surface area contributed by atoms with E-state index in [-0.39, 0.29) is 17.6 Å². The number of aromatic nitrogens is 3. The molecule has 0 unspecified atom stereocenters. The first-order valence-corrected chi connectivity index (χ1v) is 10.5. The smallest absolute Gasteiger partial charge is 0.232 e. The lowest BCUT2D eigenvalue weighted by atomic mass is 9.82. The fourth-order valence-corrected chi connectivity index (χ4v) is 4.52. The van der Waals surface area contributed by atoms with Crippen molar-refractivity contribution in [3.63, 3.8) is 0 Å². The first-order chi connectivity index (χ1) is 13.9. The van der Waals surface area contributed by atoms with Crippen LogP contribution in [0.25, 0.3) is 0 Å². The van der Waals surface area contributed by atoms with Crippen molar-refractivity contribution in [2.45, 2.75) is 51.0 Å². The Bertz CT molecular complexity index is 893. The summed E-state index contributed by atoms with van der Waals surface area (Å²) in [5, 5.41) is 8.96. The number of likely N-dealkylation sites (tertiary alicyclic amines) is 1. The molecular weight excluding hydrogens is 369 g/mol. The van der Waals surface area contributed by atoms with Crippen molar-refractivity contribution in [1.29, 1.82) is 0 Å². The van der Waals surface area contributed by atoms with Gasteiger partial charge in [-0.15, -0.1) is 10.2 Å². The average molecular weight is 400 g/mol. The van der Waals surface area contributed by atoms with E-state index in [4.69, 9.17) is 0 Å². The molecule has 156 valence electrons. The largest absolute Gasteiger partial charge is 0.341 e. The van der Waals surface area contributed by atoms with Crippen molar-refractivity contribution >= 4 is 5.91 Å². The number of carbonyl (C=O) groups excluding carboxylic acids is 1. The fraction of sp³-hybridized carbons (Fsp3) is 0.591. The Morgan fingerprint density at radius 2 is 2.00 bits per heavy atom. The van der Waals surface area contributed by atoms with Crippen LogP contribution in [0, 0.1) is 5.82 Å². The Morgan fingerprint density at radius 3 is 2.79 bits per heavy atom. The van der Waals surface area contributed by atoms with Crippen LogP contribution in [-0.4, -0.2) is 63.7 Å². The van der Waals surface area contributed by atoms with Gasteiger partial charge in [0, 0.05) is 45.1 Å². The minimum Gasteiger partial charge on any atom is -0.341 e. The Kier molecular flexibility index (Phi) is 5.42. The molecule has 2 aliphatic rings. The van der Waals surface area contributed by atoms with Crippen LogP contribution >= 0.6 is 0 Å². The molecule has 1 aromatic heterocycles. The molecule has 7 heteroatoms. The predicted octanol–water partition coefficient (Wildman–Crippen LogP) is 2.59.